The molecule has 1 amide bonds. The number of nitrogens with one attached hydrogen (secondary N) is 2. The fraction of sp³-hybridized carbons (Fsp3) is 0.650. The Kier molecular flexibility index (Phi) is 6.63. The van der Waals surface area contributed by atoms with Crippen LogP contribution < -0.4 is 10.9 Å². The summed E-state index contributed by atoms with van der Waals surface area (Å²) < 4.78 is 0. The standard InChI is InChI=1S/C20H29N3O2S2/c1-5-11(2)10-15-12(3)26-19-16(15)18(25)22-20(23-19)27-13(4)17(24)21-14-8-6-7-9-14/h11,13-14H,5-10H2,1-4H3,(H,21,24)(H,22,23,25)/t11-,13-/m1/s1. The zero-order valence-corrected chi connectivity index (χ0v) is 18.2. The van der Waals surface area contributed by atoms with Crippen LogP contribution in [0.5, 0.6) is 0 Å². The van der Waals surface area contributed by atoms with Gasteiger partial charge < -0.3 is 10.3 Å². The molecule has 0 saturated heterocycles. The van der Waals surface area contributed by atoms with Gasteiger partial charge in [0.15, 0.2) is 5.16 Å². The van der Waals surface area contributed by atoms with Crippen LogP contribution >= 0.6 is 23.1 Å². The van der Waals surface area contributed by atoms with Crippen LogP contribution in [0, 0.1) is 12.8 Å². The van der Waals surface area contributed by atoms with E-state index in [9.17, 15) is 9.59 Å². The van der Waals surface area contributed by atoms with Crippen LogP contribution in [0.15, 0.2) is 9.95 Å². The number of fused-ring (bicyclic) bond motifs is 1. The molecule has 2 atom stereocenters. The molecule has 3 rings (SSSR count). The third kappa shape index (κ3) is 4.74. The Bertz CT molecular complexity index is 868. The summed E-state index contributed by atoms with van der Waals surface area (Å²) in [7, 11) is 0. The van der Waals surface area contributed by atoms with Crippen molar-refractivity contribution in [3.05, 3.63) is 20.8 Å². The van der Waals surface area contributed by atoms with E-state index in [0.29, 0.717) is 17.1 Å². The number of carbonyl (C=O) groups is 1. The highest BCUT2D eigenvalue weighted by molar-refractivity contribution is 8.00. The number of aromatic amines is 1. The zero-order valence-electron chi connectivity index (χ0n) is 16.6. The first kappa shape index (κ1) is 20.4. The van der Waals surface area contributed by atoms with E-state index in [1.807, 2.05) is 6.92 Å². The molecule has 0 radical (unpaired) electrons. The van der Waals surface area contributed by atoms with Crippen LogP contribution in [0.3, 0.4) is 0 Å². The van der Waals surface area contributed by atoms with Crippen LogP contribution in [-0.2, 0) is 11.2 Å². The van der Waals surface area contributed by atoms with Crippen molar-refractivity contribution in [3.8, 4) is 0 Å². The minimum absolute atomic E-state index is 0.0227. The molecule has 2 heterocycles. The molecule has 1 aliphatic rings. The summed E-state index contributed by atoms with van der Waals surface area (Å²) in [6, 6.07) is 0.304. The number of rotatable bonds is 7. The molecule has 2 aromatic heterocycles. The average Bonchev–Trinajstić information content (AvgIpc) is 3.23. The SMILES string of the molecule is CC[C@@H](C)Cc1c(C)sc2nc(S[C@H](C)C(=O)NC3CCCC3)[nH]c(=O)c12. The van der Waals surface area contributed by atoms with Gasteiger partial charge in [-0.3, -0.25) is 9.59 Å². The Balaban J connectivity index is 1.77. The molecule has 0 aromatic carbocycles. The predicted octanol–water partition coefficient (Wildman–Crippen LogP) is 4.42. The number of hydrogen-bond acceptors (Lipinski definition) is 5. The first-order chi connectivity index (χ1) is 12.9. The molecule has 27 heavy (non-hydrogen) atoms. The number of amides is 1. The quantitative estimate of drug-likeness (QED) is 0.526. The summed E-state index contributed by atoms with van der Waals surface area (Å²) in [6.07, 6.45) is 6.50. The number of H-pyrrole nitrogens is 1. The van der Waals surface area contributed by atoms with Gasteiger partial charge in [0.2, 0.25) is 5.91 Å². The summed E-state index contributed by atoms with van der Waals surface area (Å²) in [6.45, 7) is 8.31. The summed E-state index contributed by atoms with van der Waals surface area (Å²) in [4.78, 5) is 34.6. The van der Waals surface area contributed by atoms with Crippen LogP contribution in [0.2, 0.25) is 0 Å². The Hall–Kier alpha value is -1.34. The number of thioether (sulfide) groups is 1. The molecule has 0 aliphatic heterocycles. The Morgan fingerprint density at radius 1 is 1.37 bits per heavy atom. The Morgan fingerprint density at radius 3 is 2.74 bits per heavy atom. The molecule has 2 N–H and O–H groups in total. The van der Waals surface area contributed by atoms with E-state index < -0.39 is 0 Å². The molecule has 0 unspecified atom stereocenters. The minimum Gasteiger partial charge on any atom is -0.352 e. The molecule has 1 fully saturated rings. The molecule has 148 valence electrons. The van der Waals surface area contributed by atoms with Gasteiger partial charge in [0, 0.05) is 10.9 Å². The number of nitrogens with zero attached hydrogens (tertiary/aromatic N) is 1. The highest BCUT2D eigenvalue weighted by Gasteiger charge is 2.23. The normalized spacial score (nSPS) is 17.3. The lowest BCUT2D eigenvalue weighted by molar-refractivity contribution is -0.120. The number of thiophene rings is 1. The van der Waals surface area contributed by atoms with Crippen molar-refractivity contribution in [2.45, 2.75) is 82.7 Å². The largest absolute Gasteiger partial charge is 0.352 e. The van der Waals surface area contributed by atoms with Crippen LogP contribution in [0.4, 0.5) is 0 Å². The lowest BCUT2D eigenvalue weighted by Crippen LogP contribution is -2.37. The molecule has 5 nitrogen and oxygen atoms in total. The second-order valence-electron chi connectivity index (χ2n) is 7.66. The number of aryl methyl sites for hydroxylation is 1. The zero-order chi connectivity index (χ0) is 19.6. The van der Waals surface area contributed by atoms with Crippen molar-refractivity contribution in [2.75, 3.05) is 0 Å². The van der Waals surface area contributed by atoms with Crippen LogP contribution in [-0.4, -0.2) is 27.2 Å². The monoisotopic (exact) mass is 407 g/mol. The van der Waals surface area contributed by atoms with Gasteiger partial charge in [0.05, 0.1) is 10.6 Å². The topological polar surface area (TPSA) is 74.8 Å². The van der Waals surface area contributed by atoms with Gasteiger partial charge in [-0.1, -0.05) is 44.9 Å². The van der Waals surface area contributed by atoms with E-state index in [1.54, 1.807) is 11.3 Å². The van der Waals surface area contributed by atoms with E-state index in [1.165, 1.54) is 24.6 Å². The smallest absolute Gasteiger partial charge is 0.260 e. The molecule has 1 saturated carbocycles. The van der Waals surface area contributed by atoms with E-state index in [0.717, 1.165) is 46.3 Å². The second-order valence-corrected chi connectivity index (χ2v) is 10.2. The molecule has 0 bridgehead atoms. The van der Waals surface area contributed by atoms with Crippen LogP contribution in [0.25, 0.3) is 10.2 Å². The predicted molar refractivity (Wildman–Crippen MR) is 114 cm³/mol. The Morgan fingerprint density at radius 2 is 2.07 bits per heavy atom. The number of hydrogen-bond donors (Lipinski definition) is 2. The van der Waals surface area contributed by atoms with Crippen LogP contribution in [0.1, 0.15) is 63.3 Å². The van der Waals surface area contributed by atoms with Gasteiger partial charge in [-0.25, -0.2) is 4.98 Å². The van der Waals surface area contributed by atoms with Gasteiger partial charge in [-0.2, -0.15) is 0 Å². The molecule has 7 heteroatoms. The maximum absolute atomic E-state index is 12.7. The fourth-order valence-electron chi connectivity index (χ4n) is 3.56. The van der Waals surface area contributed by atoms with Gasteiger partial charge in [0.25, 0.3) is 5.56 Å². The van der Waals surface area contributed by atoms with Crippen molar-refractivity contribution in [1.29, 1.82) is 0 Å². The summed E-state index contributed by atoms with van der Waals surface area (Å²) in [5.74, 6) is 0.559. The van der Waals surface area contributed by atoms with E-state index >= 15 is 0 Å². The highest BCUT2D eigenvalue weighted by atomic mass is 32.2. The lowest BCUT2D eigenvalue weighted by atomic mass is 9.98. The average molecular weight is 408 g/mol. The molecular weight excluding hydrogens is 378 g/mol. The van der Waals surface area contributed by atoms with Crippen molar-refractivity contribution < 1.29 is 4.79 Å². The highest BCUT2D eigenvalue weighted by Crippen LogP contribution is 2.31. The first-order valence-corrected chi connectivity index (χ1v) is 11.6. The minimum atomic E-state index is -0.285. The van der Waals surface area contributed by atoms with E-state index in [4.69, 9.17) is 0 Å². The van der Waals surface area contributed by atoms with Crippen molar-refractivity contribution in [3.63, 3.8) is 0 Å². The molecule has 1 aliphatic carbocycles. The van der Waals surface area contributed by atoms with E-state index in [2.05, 4.69) is 36.1 Å². The van der Waals surface area contributed by atoms with Crippen molar-refractivity contribution in [1.82, 2.24) is 15.3 Å². The Labute approximate surface area is 168 Å². The summed E-state index contributed by atoms with van der Waals surface area (Å²) in [5, 5.41) is 4.08. The number of carbonyl (C=O) groups excluding carboxylic acids is 1. The summed E-state index contributed by atoms with van der Waals surface area (Å²) in [5.41, 5.74) is 1.04. The maximum atomic E-state index is 12.7. The van der Waals surface area contributed by atoms with Crippen molar-refractivity contribution in [2.24, 2.45) is 5.92 Å². The van der Waals surface area contributed by atoms with Crippen molar-refractivity contribution >= 4 is 39.2 Å². The van der Waals surface area contributed by atoms with Gasteiger partial charge in [-0.05, 0) is 44.6 Å². The first-order valence-electron chi connectivity index (χ1n) is 9.88. The lowest BCUT2D eigenvalue weighted by Gasteiger charge is -2.15. The number of aromatic nitrogens is 2. The van der Waals surface area contributed by atoms with Gasteiger partial charge in [0.1, 0.15) is 4.83 Å². The third-order valence-electron chi connectivity index (χ3n) is 5.45. The molecule has 2 aromatic rings. The van der Waals surface area contributed by atoms with Gasteiger partial charge >= 0.3 is 0 Å². The van der Waals surface area contributed by atoms with Gasteiger partial charge in [-0.15, -0.1) is 11.3 Å². The second kappa shape index (κ2) is 8.78. The summed E-state index contributed by atoms with van der Waals surface area (Å²) >= 11 is 2.90. The molecular formula is C20H29N3O2S2. The van der Waals surface area contributed by atoms with E-state index in [-0.39, 0.29) is 16.7 Å². The maximum Gasteiger partial charge on any atom is 0.260 e. The molecule has 0 spiro atoms. The third-order valence-corrected chi connectivity index (χ3v) is 7.48. The fourth-order valence-corrected chi connectivity index (χ4v) is 5.48.